The van der Waals surface area contributed by atoms with Crippen LogP contribution in [0, 0.1) is 5.92 Å². The minimum absolute atomic E-state index is 0.267. The van der Waals surface area contributed by atoms with Crippen LogP contribution in [0.15, 0.2) is 0 Å². The van der Waals surface area contributed by atoms with E-state index in [0.29, 0.717) is 6.04 Å². The molecule has 2 aliphatic carbocycles. The summed E-state index contributed by atoms with van der Waals surface area (Å²) in [6, 6.07) is 0.529. The van der Waals surface area contributed by atoms with E-state index in [-0.39, 0.29) is 6.10 Å². The molecule has 0 spiro atoms. The number of rotatable bonds is 6. The van der Waals surface area contributed by atoms with Gasteiger partial charge in [-0.2, -0.15) is 0 Å². The number of thiazole rings is 1. The van der Waals surface area contributed by atoms with Crippen molar-refractivity contribution in [3.05, 3.63) is 15.6 Å². The highest BCUT2D eigenvalue weighted by atomic mass is 32.1. The third-order valence-electron chi connectivity index (χ3n) is 4.06. The summed E-state index contributed by atoms with van der Waals surface area (Å²) in [4.78, 5) is 6.40. The number of nitrogens with zero attached hydrogens (tertiary/aromatic N) is 1. The number of ether oxygens (including phenoxy) is 1. The predicted molar refractivity (Wildman–Crippen MR) is 78.6 cm³/mol. The zero-order valence-electron chi connectivity index (χ0n) is 11.9. The average Bonchev–Trinajstić information content (AvgIpc) is 3.15. The lowest BCUT2D eigenvalue weighted by Gasteiger charge is -2.21. The van der Waals surface area contributed by atoms with Gasteiger partial charge >= 0.3 is 0 Å². The monoisotopic (exact) mass is 280 g/mol. The van der Waals surface area contributed by atoms with Crippen molar-refractivity contribution in [3.63, 3.8) is 0 Å². The first-order valence-corrected chi connectivity index (χ1v) is 8.49. The van der Waals surface area contributed by atoms with Crippen LogP contribution < -0.4 is 5.32 Å². The fourth-order valence-electron chi connectivity index (χ4n) is 2.99. The summed E-state index contributed by atoms with van der Waals surface area (Å²) in [5.41, 5.74) is 1.34. The Hall–Kier alpha value is -0.450. The number of hydrogen-bond donors (Lipinski definition) is 1. The summed E-state index contributed by atoms with van der Waals surface area (Å²) in [7, 11) is 0. The Balaban J connectivity index is 1.83. The molecule has 1 aromatic rings. The van der Waals surface area contributed by atoms with E-state index >= 15 is 0 Å². The van der Waals surface area contributed by atoms with Gasteiger partial charge in [-0.3, -0.25) is 0 Å². The quantitative estimate of drug-likeness (QED) is 0.864. The smallest absolute Gasteiger partial charge is 0.122 e. The van der Waals surface area contributed by atoms with Crippen molar-refractivity contribution >= 4 is 11.3 Å². The number of fused-ring (bicyclic) bond motifs is 1. The van der Waals surface area contributed by atoms with Gasteiger partial charge in [0.1, 0.15) is 11.1 Å². The van der Waals surface area contributed by atoms with E-state index in [0.717, 1.165) is 25.5 Å². The maximum absolute atomic E-state index is 5.95. The van der Waals surface area contributed by atoms with E-state index in [2.05, 4.69) is 19.2 Å². The highest BCUT2D eigenvalue weighted by Gasteiger charge is 2.36. The van der Waals surface area contributed by atoms with Crippen LogP contribution in [-0.4, -0.2) is 18.1 Å². The van der Waals surface area contributed by atoms with Crippen LogP contribution in [0.2, 0.25) is 0 Å². The predicted octanol–water partition coefficient (Wildman–Crippen LogP) is 3.62. The van der Waals surface area contributed by atoms with Gasteiger partial charge < -0.3 is 10.1 Å². The SMILES string of the molecule is CCNC1CCCc2nc(C(OCC)C3CC3)sc21. The van der Waals surface area contributed by atoms with Gasteiger partial charge in [-0.15, -0.1) is 11.3 Å². The molecule has 2 aliphatic rings. The number of aromatic nitrogens is 1. The molecule has 3 nitrogen and oxygen atoms in total. The third-order valence-corrected chi connectivity index (χ3v) is 5.33. The summed E-state index contributed by atoms with van der Waals surface area (Å²) in [6.45, 7) is 6.10. The van der Waals surface area contributed by atoms with E-state index in [1.807, 2.05) is 11.3 Å². The molecule has 0 aromatic carbocycles. The maximum atomic E-state index is 5.95. The molecule has 0 bridgehead atoms. The second kappa shape index (κ2) is 5.90. The van der Waals surface area contributed by atoms with Crippen molar-refractivity contribution in [2.24, 2.45) is 5.92 Å². The van der Waals surface area contributed by atoms with E-state index in [1.165, 1.54) is 41.3 Å². The summed E-state index contributed by atoms with van der Waals surface area (Å²) in [6.07, 6.45) is 6.55. The highest BCUT2D eigenvalue weighted by molar-refractivity contribution is 7.11. The van der Waals surface area contributed by atoms with Gasteiger partial charge in [-0.05, 0) is 51.5 Å². The van der Waals surface area contributed by atoms with Gasteiger partial charge in [-0.25, -0.2) is 4.98 Å². The van der Waals surface area contributed by atoms with E-state index in [4.69, 9.17) is 9.72 Å². The maximum Gasteiger partial charge on any atom is 0.122 e. The second-order valence-corrected chi connectivity index (χ2v) is 6.64. The van der Waals surface area contributed by atoms with Crippen molar-refractivity contribution in [2.45, 2.75) is 58.1 Å². The van der Waals surface area contributed by atoms with Gasteiger partial charge in [0.05, 0.1) is 5.69 Å². The molecular formula is C15H24N2OS. The zero-order chi connectivity index (χ0) is 13.2. The minimum Gasteiger partial charge on any atom is -0.371 e. The van der Waals surface area contributed by atoms with Crippen LogP contribution in [0.4, 0.5) is 0 Å². The Labute approximate surface area is 119 Å². The van der Waals surface area contributed by atoms with E-state index in [9.17, 15) is 0 Å². The Morgan fingerprint density at radius 3 is 2.89 bits per heavy atom. The first-order chi connectivity index (χ1) is 9.33. The van der Waals surface area contributed by atoms with Crippen LogP contribution in [0.3, 0.4) is 0 Å². The van der Waals surface area contributed by atoms with Gasteiger partial charge in [0.2, 0.25) is 0 Å². The summed E-state index contributed by atoms with van der Waals surface area (Å²) < 4.78 is 5.95. The van der Waals surface area contributed by atoms with Gasteiger partial charge in [0.25, 0.3) is 0 Å². The third kappa shape index (κ3) is 2.86. The van der Waals surface area contributed by atoms with Gasteiger partial charge in [0.15, 0.2) is 0 Å². The molecule has 106 valence electrons. The first kappa shape index (κ1) is 13.5. The molecule has 1 saturated carbocycles. The van der Waals surface area contributed by atoms with Crippen molar-refractivity contribution in [2.75, 3.05) is 13.2 Å². The molecule has 19 heavy (non-hydrogen) atoms. The average molecular weight is 280 g/mol. The van der Waals surface area contributed by atoms with Crippen molar-refractivity contribution in [1.29, 1.82) is 0 Å². The molecule has 2 unspecified atom stereocenters. The van der Waals surface area contributed by atoms with Crippen LogP contribution >= 0.6 is 11.3 Å². The number of hydrogen-bond acceptors (Lipinski definition) is 4. The first-order valence-electron chi connectivity index (χ1n) is 7.68. The summed E-state index contributed by atoms with van der Waals surface area (Å²) in [5.74, 6) is 0.727. The molecule has 2 atom stereocenters. The van der Waals surface area contributed by atoms with Crippen LogP contribution in [0.5, 0.6) is 0 Å². The normalized spacial score (nSPS) is 24.2. The molecule has 0 aliphatic heterocycles. The molecular weight excluding hydrogens is 256 g/mol. The molecule has 1 heterocycles. The Morgan fingerprint density at radius 1 is 1.37 bits per heavy atom. The minimum atomic E-state index is 0.267. The topological polar surface area (TPSA) is 34.2 Å². The molecule has 4 heteroatoms. The summed E-state index contributed by atoms with van der Waals surface area (Å²) >= 11 is 1.90. The highest BCUT2D eigenvalue weighted by Crippen LogP contribution is 2.46. The fourth-order valence-corrected chi connectivity index (χ4v) is 4.36. The molecule has 0 radical (unpaired) electrons. The van der Waals surface area contributed by atoms with Gasteiger partial charge in [-0.1, -0.05) is 6.92 Å². The van der Waals surface area contributed by atoms with E-state index < -0.39 is 0 Å². The molecule has 1 fully saturated rings. The largest absolute Gasteiger partial charge is 0.371 e. The molecule has 1 N–H and O–H groups in total. The second-order valence-electron chi connectivity index (χ2n) is 5.58. The zero-order valence-corrected chi connectivity index (χ0v) is 12.8. The Morgan fingerprint density at radius 2 is 2.21 bits per heavy atom. The number of aryl methyl sites for hydroxylation is 1. The van der Waals surface area contributed by atoms with Crippen molar-refractivity contribution in [3.8, 4) is 0 Å². The lowest BCUT2D eigenvalue weighted by Crippen LogP contribution is -2.23. The van der Waals surface area contributed by atoms with Crippen LogP contribution in [0.25, 0.3) is 0 Å². The summed E-state index contributed by atoms with van der Waals surface area (Å²) in [5, 5.41) is 4.83. The van der Waals surface area contributed by atoms with Crippen molar-refractivity contribution in [1.82, 2.24) is 10.3 Å². The Bertz CT molecular complexity index is 428. The lowest BCUT2D eigenvalue weighted by molar-refractivity contribution is 0.0461. The van der Waals surface area contributed by atoms with Crippen LogP contribution in [0.1, 0.15) is 67.3 Å². The van der Waals surface area contributed by atoms with Crippen molar-refractivity contribution < 1.29 is 4.74 Å². The molecule has 3 rings (SSSR count). The van der Waals surface area contributed by atoms with Gasteiger partial charge in [0, 0.05) is 17.5 Å². The number of nitrogens with one attached hydrogen (secondary N) is 1. The standard InChI is InChI=1S/C15H24N2OS/c1-3-16-11-6-5-7-12-14(11)19-15(17-12)13(18-4-2)10-8-9-10/h10-11,13,16H,3-9H2,1-2H3. The molecule has 1 aromatic heterocycles. The Kier molecular flexibility index (Phi) is 4.20. The molecule has 0 saturated heterocycles. The van der Waals surface area contributed by atoms with Crippen LogP contribution in [-0.2, 0) is 11.2 Å². The molecule has 0 amide bonds. The fraction of sp³-hybridized carbons (Fsp3) is 0.800. The van der Waals surface area contributed by atoms with E-state index in [1.54, 1.807) is 0 Å². The lowest BCUT2D eigenvalue weighted by atomic mass is 9.98.